The Morgan fingerprint density at radius 1 is 0.963 bits per heavy atom. The highest BCUT2D eigenvalue weighted by atomic mass is 19.1. The Labute approximate surface area is 160 Å². The Morgan fingerprint density at radius 3 is 2.07 bits per heavy atom. The molecule has 3 atom stereocenters. The molecule has 1 fully saturated rings. The van der Waals surface area contributed by atoms with Crippen LogP contribution in [0.15, 0.2) is 48.5 Å². The maximum atomic E-state index is 13.2. The van der Waals surface area contributed by atoms with Crippen molar-refractivity contribution in [1.82, 2.24) is 4.90 Å². The summed E-state index contributed by atoms with van der Waals surface area (Å²) in [5, 5.41) is 11.5. The highest BCUT2D eigenvalue weighted by Crippen LogP contribution is 2.41. The lowest BCUT2D eigenvalue weighted by Crippen LogP contribution is -2.49. The molecular formula is C23H29F2NO. The molecule has 0 heterocycles. The zero-order valence-corrected chi connectivity index (χ0v) is 16.2. The molecule has 0 spiro atoms. The first-order chi connectivity index (χ1) is 12.8. The minimum absolute atomic E-state index is 0.150. The Balaban J connectivity index is 1.71. The molecule has 4 heteroatoms. The third-order valence-corrected chi connectivity index (χ3v) is 5.81. The zero-order valence-electron chi connectivity index (χ0n) is 16.2. The summed E-state index contributed by atoms with van der Waals surface area (Å²) < 4.78 is 26.3. The quantitative estimate of drug-likeness (QED) is 0.808. The van der Waals surface area contributed by atoms with E-state index >= 15 is 0 Å². The maximum Gasteiger partial charge on any atom is 0.123 e. The van der Waals surface area contributed by atoms with Gasteiger partial charge in [-0.15, -0.1) is 0 Å². The molecule has 0 amide bonds. The van der Waals surface area contributed by atoms with Crippen LogP contribution in [-0.2, 0) is 12.8 Å². The van der Waals surface area contributed by atoms with E-state index in [0.717, 1.165) is 43.4 Å². The lowest BCUT2D eigenvalue weighted by molar-refractivity contribution is -0.0685. The fraction of sp³-hybridized carbons (Fsp3) is 0.478. The monoisotopic (exact) mass is 373 g/mol. The van der Waals surface area contributed by atoms with Gasteiger partial charge in [0.2, 0.25) is 0 Å². The zero-order chi connectivity index (χ0) is 19.4. The summed E-state index contributed by atoms with van der Waals surface area (Å²) in [4.78, 5) is 2.13. The van der Waals surface area contributed by atoms with Crippen molar-refractivity contribution in [1.29, 1.82) is 0 Å². The van der Waals surface area contributed by atoms with Gasteiger partial charge < -0.3 is 10.0 Å². The molecule has 1 aliphatic carbocycles. The number of aliphatic hydroxyl groups is 1. The average molecular weight is 373 g/mol. The Kier molecular flexibility index (Phi) is 6.28. The Bertz CT molecular complexity index is 729. The van der Waals surface area contributed by atoms with E-state index in [1.807, 2.05) is 26.2 Å². The fourth-order valence-corrected chi connectivity index (χ4v) is 4.41. The summed E-state index contributed by atoms with van der Waals surface area (Å²) in [6.07, 6.45) is 4.08. The Morgan fingerprint density at radius 2 is 1.52 bits per heavy atom. The van der Waals surface area contributed by atoms with Crippen molar-refractivity contribution in [3.8, 4) is 0 Å². The summed E-state index contributed by atoms with van der Waals surface area (Å²) in [5.74, 6) is 0.172. The first-order valence-electron chi connectivity index (χ1n) is 9.70. The highest BCUT2D eigenvalue weighted by Gasteiger charge is 2.42. The maximum absolute atomic E-state index is 13.2. The third-order valence-electron chi connectivity index (χ3n) is 5.81. The van der Waals surface area contributed by atoms with Gasteiger partial charge in [0.15, 0.2) is 0 Å². The molecule has 0 saturated heterocycles. The van der Waals surface area contributed by atoms with Crippen LogP contribution in [0.25, 0.3) is 0 Å². The number of rotatable bonds is 6. The minimum Gasteiger partial charge on any atom is -0.389 e. The minimum atomic E-state index is -0.776. The topological polar surface area (TPSA) is 23.5 Å². The molecule has 3 rings (SSSR count). The second-order valence-electron chi connectivity index (χ2n) is 8.34. The van der Waals surface area contributed by atoms with Crippen molar-refractivity contribution in [3.05, 3.63) is 71.3 Å². The first-order valence-corrected chi connectivity index (χ1v) is 9.70. The van der Waals surface area contributed by atoms with Crippen LogP contribution in [0.5, 0.6) is 0 Å². The van der Waals surface area contributed by atoms with Gasteiger partial charge in [0.05, 0.1) is 5.60 Å². The van der Waals surface area contributed by atoms with Gasteiger partial charge in [-0.1, -0.05) is 24.3 Å². The van der Waals surface area contributed by atoms with Crippen molar-refractivity contribution in [3.63, 3.8) is 0 Å². The predicted octanol–water partition coefficient (Wildman–Crippen LogP) is 4.46. The van der Waals surface area contributed by atoms with Crippen LogP contribution in [0.3, 0.4) is 0 Å². The average Bonchev–Trinajstić information content (AvgIpc) is 2.62. The summed E-state index contributed by atoms with van der Waals surface area (Å²) in [6, 6.07) is 13.2. The van der Waals surface area contributed by atoms with E-state index in [-0.39, 0.29) is 17.6 Å². The molecule has 146 valence electrons. The lowest BCUT2D eigenvalue weighted by atomic mass is 9.67. The molecule has 0 aliphatic heterocycles. The normalized spacial score (nSPS) is 25.7. The second-order valence-corrected chi connectivity index (χ2v) is 8.34. The van der Waals surface area contributed by atoms with Gasteiger partial charge in [0.25, 0.3) is 0 Å². The first kappa shape index (κ1) is 20.0. The van der Waals surface area contributed by atoms with Crippen molar-refractivity contribution >= 4 is 0 Å². The molecule has 3 unspecified atom stereocenters. The lowest BCUT2D eigenvalue weighted by Gasteiger charge is -2.44. The second kappa shape index (κ2) is 8.49. The van der Waals surface area contributed by atoms with E-state index in [1.165, 1.54) is 24.3 Å². The molecular weight excluding hydrogens is 344 g/mol. The van der Waals surface area contributed by atoms with Gasteiger partial charge >= 0.3 is 0 Å². The smallest absolute Gasteiger partial charge is 0.123 e. The SMILES string of the molecule is CN(C)CC1CC(Cc2ccc(F)cc2)CCC1(O)Cc1ccc(F)cc1. The summed E-state index contributed by atoms with van der Waals surface area (Å²) in [5.41, 5.74) is 1.34. The van der Waals surface area contributed by atoms with Gasteiger partial charge in [-0.05, 0) is 81.1 Å². The van der Waals surface area contributed by atoms with Gasteiger partial charge in [0, 0.05) is 18.9 Å². The van der Waals surface area contributed by atoms with E-state index < -0.39 is 5.60 Å². The largest absolute Gasteiger partial charge is 0.389 e. The number of halogens is 2. The summed E-state index contributed by atoms with van der Waals surface area (Å²) in [6.45, 7) is 0.817. The van der Waals surface area contributed by atoms with E-state index in [4.69, 9.17) is 0 Å². The molecule has 2 aromatic rings. The molecule has 2 nitrogen and oxygen atoms in total. The van der Waals surface area contributed by atoms with Crippen molar-refractivity contribution in [2.75, 3.05) is 20.6 Å². The van der Waals surface area contributed by atoms with Crippen molar-refractivity contribution in [2.45, 2.75) is 37.7 Å². The van der Waals surface area contributed by atoms with E-state index in [1.54, 1.807) is 12.1 Å². The van der Waals surface area contributed by atoms with Crippen LogP contribution < -0.4 is 0 Å². The van der Waals surface area contributed by atoms with Crippen LogP contribution in [0.4, 0.5) is 8.78 Å². The van der Waals surface area contributed by atoms with Crippen LogP contribution in [0.2, 0.25) is 0 Å². The summed E-state index contributed by atoms with van der Waals surface area (Å²) >= 11 is 0. The molecule has 27 heavy (non-hydrogen) atoms. The number of hydrogen-bond acceptors (Lipinski definition) is 2. The molecule has 1 N–H and O–H groups in total. The molecule has 1 aliphatic rings. The third kappa shape index (κ3) is 5.36. The van der Waals surface area contributed by atoms with Crippen LogP contribution >= 0.6 is 0 Å². The standard InChI is InChI=1S/C23H29F2NO/c1-26(2)16-20-14-19(13-17-3-7-21(24)8-4-17)11-12-23(20,27)15-18-5-9-22(25)10-6-18/h3-10,19-20,27H,11-16H2,1-2H3. The highest BCUT2D eigenvalue weighted by molar-refractivity contribution is 5.20. The predicted molar refractivity (Wildman–Crippen MR) is 105 cm³/mol. The van der Waals surface area contributed by atoms with Gasteiger partial charge in [0.1, 0.15) is 11.6 Å². The molecule has 2 aromatic carbocycles. The van der Waals surface area contributed by atoms with Crippen LogP contribution in [-0.4, -0.2) is 36.2 Å². The number of hydrogen-bond donors (Lipinski definition) is 1. The Hall–Kier alpha value is -1.78. The number of nitrogens with zero attached hydrogens (tertiary/aromatic N) is 1. The fourth-order valence-electron chi connectivity index (χ4n) is 4.41. The summed E-state index contributed by atoms with van der Waals surface area (Å²) in [7, 11) is 4.06. The van der Waals surface area contributed by atoms with E-state index in [0.29, 0.717) is 12.3 Å². The van der Waals surface area contributed by atoms with Crippen molar-refractivity contribution in [2.24, 2.45) is 11.8 Å². The number of benzene rings is 2. The van der Waals surface area contributed by atoms with Crippen molar-refractivity contribution < 1.29 is 13.9 Å². The molecule has 1 saturated carbocycles. The van der Waals surface area contributed by atoms with Crippen LogP contribution in [0.1, 0.15) is 30.4 Å². The van der Waals surface area contributed by atoms with E-state index in [2.05, 4.69) is 4.90 Å². The van der Waals surface area contributed by atoms with Gasteiger partial charge in [-0.25, -0.2) is 8.78 Å². The molecule has 0 bridgehead atoms. The van der Waals surface area contributed by atoms with Gasteiger partial charge in [-0.3, -0.25) is 0 Å². The van der Waals surface area contributed by atoms with Gasteiger partial charge in [-0.2, -0.15) is 0 Å². The van der Waals surface area contributed by atoms with E-state index in [9.17, 15) is 13.9 Å². The molecule has 0 aromatic heterocycles. The van der Waals surface area contributed by atoms with Crippen LogP contribution in [0, 0.1) is 23.5 Å². The molecule has 0 radical (unpaired) electrons.